The fourth-order valence-corrected chi connectivity index (χ4v) is 10.4. The lowest BCUT2D eigenvalue weighted by Gasteiger charge is -2.42. The first-order chi connectivity index (χ1) is 39.1. The number of carbonyl (C=O) groups excluding carboxylic acids is 8. The number of halogens is 4. The van der Waals surface area contributed by atoms with E-state index in [1.54, 1.807) is 58.1 Å². The number of urea groups is 1. The average molecular weight is 1270 g/mol. The van der Waals surface area contributed by atoms with Gasteiger partial charge >= 0.3 is 18.2 Å². The molecule has 2 aromatic rings. The molecule has 2 aromatic carbocycles. The number of hydrogen-bond donors (Lipinski definition) is 9. The van der Waals surface area contributed by atoms with Crippen molar-refractivity contribution in [2.24, 2.45) is 17.6 Å². The maximum Gasteiger partial charge on any atom is 0.412 e. The highest BCUT2D eigenvalue weighted by molar-refractivity contribution is 9.09. The fourth-order valence-electron chi connectivity index (χ4n) is 9.64. The van der Waals surface area contributed by atoms with Gasteiger partial charge in [-0.3, -0.25) is 34.6 Å². The van der Waals surface area contributed by atoms with E-state index in [4.69, 9.17) is 52.6 Å². The van der Waals surface area contributed by atoms with Crippen molar-refractivity contribution >= 4 is 104 Å². The number of primary amides is 1. The molecule has 0 unspecified atom stereocenters. The summed E-state index contributed by atoms with van der Waals surface area (Å²) in [5, 5.41) is 29.9. The second kappa shape index (κ2) is 30.3. The van der Waals surface area contributed by atoms with Crippen molar-refractivity contribution in [2.45, 2.75) is 140 Å². The Morgan fingerprint density at radius 3 is 2.37 bits per heavy atom. The van der Waals surface area contributed by atoms with Crippen molar-refractivity contribution in [3.8, 4) is 5.75 Å². The minimum atomic E-state index is -1.94. The number of ether oxygens (including phenoxy) is 5. The standard InChI is InChI=1S/C56H75BrCl2FN9O14/c1-29(2)47(67-44(70)18-11-10-12-19-62-49(72)31(4)28-57)51(74)64-36(16-14-20-63-52(61)75)50(73)65-38-24-34(58)37(25-35(38)60)66-53(76)82-43-26-45(71)69(7)39-22-33(23-40(79-8)46(39)59)21-30(3)15-13-17-42(80-9)56(78)27-41(81-54(77)68-56)32(5)48-55(43,6)83-48/h13,15,17,22-25,29,32,36,41-43,47-48,78H,4,10-12,14,16,18-21,26-28H2,1-3,5-9H3,(H,62,72)(H,64,74)(H,65,73)(H,66,76)(H,67,70)(H,68,77)(H3,61,63,75)/b17-13+,30-15+/t32-,36+,41+,42-,43+,47+,48+,55+,56+/m1/s1. The van der Waals surface area contributed by atoms with E-state index < -0.39 is 119 Å². The molecule has 27 heteroatoms. The number of nitrogens with two attached hydrogens (primary N) is 1. The SMILES string of the molecule is C=C(CBr)C(=O)NCCCCCC(=O)N[C@H](C(=O)N[C@@H](CCCNC(N)=O)C(=O)Nc1cc(Cl)c(NC(=O)O[C@H]2CC(=O)N(C)c3cc(cc(OC)c3Cl)C/C(C)=C/C=C/[C@@H](OC)[C@@]3(O)C[C@H](OC(=O)N3)[C@@H](C)[C@@H]3O[C@@]23C)cc1F)C(C)C. The molecule has 3 aliphatic rings. The molecule has 9 amide bonds. The van der Waals surface area contributed by atoms with Gasteiger partial charge in [0.2, 0.25) is 29.5 Å². The molecule has 456 valence electrons. The number of benzene rings is 2. The molecule has 23 nitrogen and oxygen atoms in total. The number of aliphatic hydroxyl groups is 1. The van der Waals surface area contributed by atoms with Crippen LogP contribution in [0, 0.1) is 17.7 Å². The first-order valence-electron chi connectivity index (χ1n) is 27.0. The van der Waals surface area contributed by atoms with Crippen LogP contribution in [-0.2, 0) is 49.3 Å². The number of unbranched alkanes of at least 4 members (excludes halogenated alkanes) is 2. The minimum absolute atomic E-state index is 0.0159. The zero-order valence-corrected chi connectivity index (χ0v) is 50.7. The van der Waals surface area contributed by atoms with Crippen LogP contribution in [0.5, 0.6) is 5.75 Å². The topological polar surface area (TPSA) is 320 Å². The molecule has 3 aliphatic heterocycles. The average Bonchev–Trinajstić information content (AvgIpc) is 2.52. The highest BCUT2D eigenvalue weighted by Gasteiger charge is 2.64. The van der Waals surface area contributed by atoms with Gasteiger partial charge in [0.05, 0.1) is 41.7 Å². The summed E-state index contributed by atoms with van der Waals surface area (Å²) in [4.78, 5) is 107. The fraction of sp³-hybridized carbons (Fsp3) is 0.536. The van der Waals surface area contributed by atoms with Crippen LogP contribution in [0.3, 0.4) is 0 Å². The molecule has 0 aromatic heterocycles. The molecule has 0 saturated carbocycles. The van der Waals surface area contributed by atoms with Crippen LogP contribution in [0.4, 0.5) is 35.8 Å². The molecule has 3 heterocycles. The highest BCUT2D eigenvalue weighted by Crippen LogP contribution is 2.49. The number of hydrogen-bond acceptors (Lipinski definition) is 14. The Bertz CT molecular complexity index is 2830. The van der Waals surface area contributed by atoms with E-state index in [-0.39, 0.29) is 65.3 Å². The molecular weight excluding hydrogens is 1190 g/mol. The van der Waals surface area contributed by atoms with Gasteiger partial charge < -0.3 is 66.0 Å². The van der Waals surface area contributed by atoms with Crippen LogP contribution in [0.15, 0.2) is 60.2 Å². The monoisotopic (exact) mass is 1270 g/mol. The Hall–Kier alpha value is -6.51. The van der Waals surface area contributed by atoms with E-state index in [9.17, 15) is 43.5 Å². The summed E-state index contributed by atoms with van der Waals surface area (Å²) < 4.78 is 45.3. The number of alkyl halides is 1. The molecular formula is C56H75BrCl2FN9O14. The molecule has 0 aliphatic carbocycles. The lowest BCUT2D eigenvalue weighted by atomic mass is 9.83. The number of nitrogens with zero attached hydrogens (tertiary/aromatic N) is 1. The zero-order chi connectivity index (χ0) is 61.5. The summed E-state index contributed by atoms with van der Waals surface area (Å²) in [6, 6.07) is 2.00. The lowest BCUT2D eigenvalue weighted by molar-refractivity contribution is -0.142. The number of anilines is 3. The van der Waals surface area contributed by atoms with E-state index in [2.05, 4.69) is 59.7 Å². The van der Waals surface area contributed by atoms with Crippen molar-refractivity contribution in [2.75, 3.05) is 55.2 Å². The number of epoxide rings is 1. The zero-order valence-electron chi connectivity index (χ0n) is 47.6. The Morgan fingerprint density at radius 1 is 1.00 bits per heavy atom. The predicted molar refractivity (Wildman–Crippen MR) is 313 cm³/mol. The summed E-state index contributed by atoms with van der Waals surface area (Å²) in [6.07, 6.45) is 0.200. The van der Waals surface area contributed by atoms with Gasteiger partial charge in [0.15, 0.2) is 5.72 Å². The van der Waals surface area contributed by atoms with Crippen molar-refractivity contribution in [1.29, 1.82) is 0 Å². The number of carbonyl (C=O) groups is 8. The summed E-state index contributed by atoms with van der Waals surface area (Å²) in [5.74, 6) is -4.83. The second-order valence-electron chi connectivity index (χ2n) is 21.2. The van der Waals surface area contributed by atoms with Crippen LogP contribution < -0.4 is 52.6 Å². The molecule has 0 spiro atoms. The maximum atomic E-state index is 16.1. The van der Waals surface area contributed by atoms with Gasteiger partial charge in [-0.15, -0.1) is 0 Å². The number of amides is 9. The van der Waals surface area contributed by atoms with Crippen molar-refractivity contribution in [3.63, 3.8) is 0 Å². The molecule has 4 bridgehead atoms. The summed E-state index contributed by atoms with van der Waals surface area (Å²) in [6.45, 7) is 12.6. The third-order valence-corrected chi connectivity index (χ3v) is 15.8. The second-order valence-corrected chi connectivity index (χ2v) is 22.6. The van der Waals surface area contributed by atoms with Gasteiger partial charge in [0, 0.05) is 63.0 Å². The summed E-state index contributed by atoms with van der Waals surface area (Å²) in [7, 11) is 4.30. The van der Waals surface area contributed by atoms with Gasteiger partial charge in [-0.25, -0.2) is 18.8 Å². The van der Waals surface area contributed by atoms with Crippen LogP contribution in [0.1, 0.15) is 91.5 Å². The van der Waals surface area contributed by atoms with E-state index in [1.165, 1.54) is 26.2 Å². The number of rotatable bonds is 22. The normalized spacial score (nSPS) is 24.2. The largest absolute Gasteiger partial charge is 0.495 e. The molecule has 83 heavy (non-hydrogen) atoms. The van der Waals surface area contributed by atoms with E-state index in [0.29, 0.717) is 48.7 Å². The van der Waals surface area contributed by atoms with Gasteiger partial charge in [0.1, 0.15) is 52.6 Å². The highest BCUT2D eigenvalue weighted by atomic mass is 79.9. The smallest absolute Gasteiger partial charge is 0.412 e. The number of methoxy groups -OCH3 is 2. The molecule has 5 rings (SSSR count). The van der Waals surface area contributed by atoms with Gasteiger partial charge in [-0.1, -0.05) is 96.7 Å². The number of nitrogens with one attached hydrogen (secondary N) is 7. The first-order valence-corrected chi connectivity index (χ1v) is 28.8. The molecule has 0 radical (unpaired) electrons. The van der Waals surface area contributed by atoms with Crippen LogP contribution in [0.25, 0.3) is 0 Å². The minimum Gasteiger partial charge on any atom is -0.495 e. The Morgan fingerprint density at radius 2 is 1.71 bits per heavy atom. The van der Waals surface area contributed by atoms with Crippen LogP contribution in [-0.4, -0.2) is 140 Å². The number of allylic oxidation sites excluding steroid dienone is 3. The lowest BCUT2D eigenvalue weighted by Crippen LogP contribution is -2.63. The molecule has 2 fully saturated rings. The van der Waals surface area contributed by atoms with Gasteiger partial charge in [-0.05, 0) is 75.6 Å². The Balaban J connectivity index is 1.35. The molecule has 2 saturated heterocycles. The van der Waals surface area contributed by atoms with Crippen molar-refractivity contribution in [1.82, 2.24) is 26.6 Å². The van der Waals surface area contributed by atoms with Crippen LogP contribution >= 0.6 is 39.1 Å². The quantitative estimate of drug-likeness (QED) is 0.0253. The third kappa shape index (κ3) is 18.5. The van der Waals surface area contributed by atoms with Crippen molar-refractivity contribution < 1.29 is 71.5 Å². The maximum absolute atomic E-state index is 16.1. The first kappa shape index (κ1) is 67.3. The molecule has 9 atom stereocenters. The number of alkyl carbamates (subject to hydrolysis) is 1. The summed E-state index contributed by atoms with van der Waals surface area (Å²) in [5.41, 5.74) is 3.30. The summed E-state index contributed by atoms with van der Waals surface area (Å²) >= 11 is 16.6. The van der Waals surface area contributed by atoms with Gasteiger partial charge in [-0.2, -0.15) is 0 Å². The van der Waals surface area contributed by atoms with E-state index in [0.717, 1.165) is 17.7 Å². The number of fused-ring (bicyclic) bond motifs is 5. The van der Waals surface area contributed by atoms with E-state index in [1.807, 2.05) is 6.92 Å². The van der Waals surface area contributed by atoms with Crippen molar-refractivity contribution in [3.05, 3.63) is 81.6 Å². The Labute approximate surface area is 500 Å². The van der Waals surface area contributed by atoms with Crippen LogP contribution in [0.2, 0.25) is 10.0 Å². The third-order valence-electron chi connectivity index (χ3n) is 14.5. The van der Waals surface area contributed by atoms with Gasteiger partial charge in [0.25, 0.3) is 0 Å². The Kier molecular flexibility index (Phi) is 24.6. The predicted octanol–water partition coefficient (Wildman–Crippen LogP) is 6.81. The molecule has 10 N–H and O–H groups in total. The van der Waals surface area contributed by atoms with E-state index >= 15 is 4.39 Å².